The molecule has 0 radical (unpaired) electrons. The number of ether oxygens (including phenoxy) is 1. The molecule has 1 aliphatic carbocycles. The van der Waals surface area contributed by atoms with E-state index in [0.717, 1.165) is 24.5 Å². The third kappa shape index (κ3) is 3.36. The lowest BCUT2D eigenvalue weighted by atomic mass is 10.1. The quantitative estimate of drug-likeness (QED) is 0.742. The molecule has 0 saturated heterocycles. The van der Waals surface area contributed by atoms with Gasteiger partial charge in [0.25, 0.3) is 0 Å². The van der Waals surface area contributed by atoms with Crippen LogP contribution in [-0.4, -0.2) is 35.5 Å². The molecule has 0 bridgehead atoms. The standard InChI is InChI=1S/C14H21ClN2O/c1-18-14-12(5-4-9-16-14)11-17(10-8-15)13-6-2-3-7-13/h4-5,9,13H,2-3,6-8,10-11H2,1H3. The van der Waals surface area contributed by atoms with Crippen molar-refractivity contribution in [3.05, 3.63) is 23.9 Å². The molecule has 1 aromatic heterocycles. The highest BCUT2D eigenvalue weighted by molar-refractivity contribution is 6.18. The van der Waals surface area contributed by atoms with Gasteiger partial charge in [-0.3, -0.25) is 4.90 Å². The van der Waals surface area contributed by atoms with Crippen molar-refractivity contribution in [1.29, 1.82) is 0 Å². The maximum atomic E-state index is 5.93. The topological polar surface area (TPSA) is 25.4 Å². The Morgan fingerprint density at radius 3 is 2.89 bits per heavy atom. The molecule has 1 heterocycles. The van der Waals surface area contributed by atoms with Gasteiger partial charge < -0.3 is 4.74 Å². The van der Waals surface area contributed by atoms with Crippen molar-refractivity contribution in [2.45, 2.75) is 38.3 Å². The van der Waals surface area contributed by atoms with Gasteiger partial charge in [-0.1, -0.05) is 18.9 Å². The van der Waals surface area contributed by atoms with E-state index in [4.69, 9.17) is 16.3 Å². The molecule has 1 saturated carbocycles. The number of aromatic nitrogens is 1. The summed E-state index contributed by atoms with van der Waals surface area (Å²) in [5, 5.41) is 0. The summed E-state index contributed by atoms with van der Waals surface area (Å²) in [6.45, 7) is 1.82. The second kappa shape index (κ2) is 6.95. The first kappa shape index (κ1) is 13.6. The van der Waals surface area contributed by atoms with Crippen molar-refractivity contribution in [1.82, 2.24) is 9.88 Å². The zero-order valence-electron chi connectivity index (χ0n) is 10.9. The monoisotopic (exact) mass is 268 g/mol. The second-order valence-corrected chi connectivity index (χ2v) is 5.15. The summed E-state index contributed by atoms with van der Waals surface area (Å²) in [4.78, 5) is 6.73. The lowest BCUT2D eigenvalue weighted by Crippen LogP contribution is -2.34. The number of hydrogen-bond acceptors (Lipinski definition) is 3. The summed E-state index contributed by atoms with van der Waals surface area (Å²) < 4.78 is 5.32. The molecule has 1 fully saturated rings. The summed E-state index contributed by atoms with van der Waals surface area (Å²) in [5.41, 5.74) is 1.15. The van der Waals surface area contributed by atoms with Crippen molar-refractivity contribution in [2.24, 2.45) is 0 Å². The molecule has 1 aliphatic rings. The normalized spacial score (nSPS) is 16.4. The fourth-order valence-electron chi connectivity index (χ4n) is 2.72. The zero-order chi connectivity index (χ0) is 12.8. The minimum Gasteiger partial charge on any atom is -0.481 e. The maximum absolute atomic E-state index is 5.93. The molecule has 0 amide bonds. The first-order valence-electron chi connectivity index (χ1n) is 6.63. The highest BCUT2D eigenvalue weighted by atomic mass is 35.5. The van der Waals surface area contributed by atoms with Crippen LogP contribution in [0.25, 0.3) is 0 Å². The van der Waals surface area contributed by atoms with Crippen LogP contribution in [0.2, 0.25) is 0 Å². The lowest BCUT2D eigenvalue weighted by molar-refractivity contribution is 0.198. The van der Waals surface area contributed by atoms with E-state index in [1.54, 1.807) is 13.3 Å². The third-order valence-corrected chi connectivity index (χ3v) is 3.80. The Labute approximate surface area is 114 Å². The molecule has 0 spiro atoms. The van der Waals surface area contributed by atoms with Gasteiger partial charge in [0.05, 0.1) is 7.11 Å². The minimum absolute atomic E-state index is 0.675. The Morgan fingerprint density at radius 1 is 1.44 bits per heavy atom. The molecule has 18 heavy (non-hydrogen) atoms. The van der Waals surface area contributed by atoms with Gasteiger partial charge in [0.2, 0.25) is 5.88 Å². The van der Waals surface area contributed by atoms with Gasteiger partial charge >= 0.3 is 0 Å². The predicted octanol–water partition coefficient (Wildman–Crippen LogP) is 3.07. The average Bonchev–Trinajstić information content (AvgIpc) is 2.92. The van der Waals surface area contributed by atoms with Crippen molar-refractivity contribution in [3.63, 3.8) is 0 Å². The van der Waals surface area contributed by atoms with Crippen LogP contribution >= 0.6 is 11.6 Å². The number of hydrogen-bond donors (Lipinski definition) is 0. The van der Waals surface area contributed by atoms with Crippen LogP contribution in [0.15, 0.2) is 18.3 Å². The SMILES string of the molecule is COc1ncccc1CN(CCCl)C1CCCC1. The van der Waals surface area contributed by atoms with E-state index >= 15 is 0 Å². The molecule has 0 aromatic carbocycles. The van der Waals surface area contributed by atoms with Gasteiger partial charge in [0, 0.05) is 36.8 Å². The molecule has 4 heteroatoms. The van der Waals surface area contributed by atoms with Crippen LogP contribution in [0, 0.1) is 0 Å². The summed E-state index contributed by atoms with van der Waals surface area (Å²) in [5.74, 6) is 1.41. The molecule has 1 aromatic rings. The summed E-state index contributed by atoms with van der Waals surface area (Å²) in [6, 6.07) is 4.72. The molecule has 0 N–H and O–H groups in total. The molecular weight excluding hydrogens is 248 g/mol. The Balaban J connectivity index is 2.07. The van der Waals surface area contributed by atoms with Gasteiger partial charge in [-0.2, -0.15) is 0 Å². The van der Waals surface area contributed by atoms with Crippen molar-refractivity contribution in [2.75, 3.05) is 19.5 Å². The highest BCUT2D eigenvalue weighted by Gasteiger charge is 2.23. The van der Waals surface area contributed by atoms with E-state index < -0.39 is 0 Å². The van der Waals surface area contributed by atoms with Gasteiger partial charge in [0.1, 0.15) is 0 Å². The average molecular weight is 269 g/mol. The molecule has 2 rings (SSSR count). The molecule has 3 nitrogen and oxygen atoms in total. The smallest absolute Gasteiger partial charge is 0.217 e. The summed E-state index contributed by atoms with van der Waals surface area (Å²) >= 11 is 5.93. The van der Waals surface area contributed by atoms with Crippen LogP contribution in [0.1, 0.15) is 31.2 Å². The van der Waals surface area contributed by atoms with E-state index in [0.29, 0.717) is 11.9 Å². The van der Waals surface area contributed by atoms with Crippen molar-refractivity contribution in [3.8, 4) is 5.88 Å². The number of nitrogens with zero attached hydrogens (tertiary/aromatic N) is 2. The number of methoxy groups -OCH3 is 1. The van der Waals surface area contributed by atoms with Crippen molar-refractivity contribution < 1.29 is 4.74 Å². The van der Waals surface area contributed by atoms with E-state index in [9.17, 15) is 0 Å². The molecule has 0 unspecified atom stereocenters. The number of rotatable bonds is 6. The summed E-state index contributed by atoms with van der Waals surface area (Å²) in [6.07, 6.45) is 7.03. The maximum Gasteiger partial charge on any atom is 0.217 e. The van der Waals surface area contributed by atoms with Gasteiger partial charge in [-0.25, -0.2) is 4.98 Å². The van der Waals surface area contributed by atoms with Crippen LogP contribution in [-0.2, 0) is 6.54 Å². The molecule has 100 valence electrons. The van der Waals surface area contributed by atoms with Crippen LogP contribution in [0.4, 0.5) is 0 Å². The van der Waals surface area contributed by atoms with Gasteiger partial charge in [-0.15, -0.1) is 11.6 Å². The number of alkyl halides is 1. The number of pyridine rings is 1. The minimum atomic E-state index is 0.675. The third-order valence-electron chi connectivity index (χ3n) is 3.63. The van der Waals surface area contributed by atoms with E-state index in [-0.39, 0.29) is 0 Å². The lowest BCUT2D eigenvalue weighted by Gasteiger charge is -2.28. The van der Waals surface area contributed by atoms with E-state index in [1.165, 1.54) is 25.7 Å². The first-order chi connectivity index (χ1) is 8.85. The second-order valence-electron chi connectivity index (χ2n) is 4.77. The summed E-state index contributed by atoms with van der Waals surface area (Å²) in [7, 11) is 1.67. The Bertz CT molecular complexity index is 367. The highest BCUT2D eigenvalue weighted by Crippen LogP contribution is 2.26. The Hall–Kier alpha value is -0.800. The van der Waals surface area contributed by atoms with Gasteiger partial charge in [-0.05, 0) is 18.9 Å². The van der Waals surface area contributed by atoms with Crippen LogP contribution in [0.5, 0.6) is 5.88 Å². The molecular formula is C14H21ClN2O. The van der Waals surface area contributed by atoms with Crippen molar-refractivity contribution >= 4 is 11.6 Å². The fraction of sp³-hybridized carbons (Fsp3) is 0.643. The Morgan fingerprint density at radius 2 is 2.22 bits per heavy atom. The Kier molecular flexibility index (Phi) is 5.26. The zero-order valence-corrected chi connectivity index (χ0v) is 11.7. The van der Waals surface area contributed by atoms with Crippen LogP contribution in [0.3, 0.4) is 0 Å². The largest absolute Gasteiger partial charge is 0.481 e. The van der Waals surface area contributed by atoms with E-state index in [1.807, 2.05) is 6.07 Å². The molecule has 0 atom stereocenters. The van der Waals surface area contributed by atoms with Gasteiger partial charge in [0.15, 0.2) is 0 Å². The first-order valence-corrected chi connectivity index (χ1v) is 7.16. The predicted molar refractivity (Wildman–Crippen MR) is 74.2 cm³/mol. The fourth-order valence-corrected chi connectivity index (χ4v) is 2.93. The van der Waals surface area contributed by atoms with E-state index in [2.05, 4.69) is 16.0 Å². The molecule has 0 aliphatic heterocycles. The number of halogens is 1. The van der Waals surface area contributed by atoms with Crippen LogP contribution < -0.4 is 4.74 Å².